The van der Waals surface area contributed by atoms with Crippen LogP contribution in [-0.4, -0.2) is 66.3 Å². The highest BCUT2D eigenvalue weighted by atomic mass is 16.5. The van der Waals surface area contributed by atoms with Gasteiger partial charge >= 0.3 is 17.9 Å². The van der Waals surface area contributed by atoms with Crippen molar-refractivity contribution in [3.63, 3.8) is 0 Å². The van der Waals surface area contributed by atoms with Crippen LogP contribution in [-0.2, 0) is 19.1 Å². The number of carbonyl (C=O) groups is 3. The van der Waals surface area contributed by atoms with Gasteiger partial charge in [-0.2, -0.15) is 0 Å². The zero-order valence-electron chi connectivity index (χ0n) is 34.8. The zero-order chi connectivity index (χ0) is 44.0. The van der Waals surface area contributed by atoms with Crippen LogP contribution in [0.15, 0.2) is 134 Å². The first-order chi connectivity index (χ1) is 29.5. The van der Waals surface area contributed by atoms with Crippen LogP contribution in [0.2, 0.25) is 0 Å². The molecule has 3 N–H and O–H groups in total. The molecule has 5 aromatic rings. The molecule has 5 aromatic carbocycles. The first-order valence-electron chi connectivity index (χ1n) is 20.1. The van der Waals surface area contributed by atoms with E-state index in [1.807, 2.05) is 74.5 Å². The van der Waals surface area contributed by atoms with Crippen molar-refractivity contribution in [1.29, 1.82) is 0 Å². The maximum Gasteiger partial charge on any atom is 0.343 e. The van der Waals surface area contributed by atoms with Gasteiger partial charge < -0.3 is 39.0 Å². The average molecular weight is 831 g/mol. The second-order valence-corrected chi connectivity index (χ2v) is 14.1. The first kappa shape index (κ1) is 46.8. The number of esters is 3. The number of aryl methyl sites for hydroxylation is 2. The van der Waals surface area contributed by atoms with Gasteiger partial charge in [0.25, 0.3) is 0 Å². The van der Waals surface area contributed by atoms with E-state index in [-0.39, 0.29) is 17.9 Å². The molecule has 0 aliphatic rings. The molecule has 0 radical (unpaired) electrons. The Bertz CT molecular complexity index is 2190. The Morgan fingerprint density at radius 3 is 1.66 bits per heavy atom. The number of unbranched alkanes of at least 4 members (excludes halogenated alkanes) is 4. The molecule has 11 nitrogen and oxygen atoms in total. The van der Waals surface area contributed by atoms with Gasteiger partial charge in [0.05, 0.1) is 44.2 Å². The van der Waals surface area contributed by atoms with E-state index in [1.54, 1.807) is 48.5 Å². The number of phenols is 2. The van der Waals surface area contributed by atoms with Gasteiger partial charge in [-0.3, -0.25) is 0 Å². The number of rotatable bonds is 21. The molecule has 0 saturated carbocycles. The maximum absolute atomic E-state index is 12.8. The second-order valence-electron chi connectivity index (χ2n) is 14.1. The quantitative estimate of drug-likeness (QED) is 0.0280. The summed E-state index contributed by atoms with van der Waals surface area (Å²) in [5.41, 5.74) is 6.17. The summed E-state index contributed by atoms with van der Waals surface area (Å²) in [6, 6.07) is 32.7. The average Bonchev–Trinajstić information content (AvgIpc) is 3.27. The molecule has 0 aromatic heterocycles. The minimum absolute atomic E-state index is 0.0402. The lowest BCUT2D eigenvalue weighted by atomic mass is 10.0. The Hall–Kier alpha value is -6.85. The van der Waals surface area contributed by atoms with Crippen molar-refractivity contribution in [3.8, 4) is 51.0 Å². The smallest absolute Gasteiger partial charge is 0.343 e. The standard InChI is InChI=1S/C37H42O9.C13H12O2/c1-4-35(39)44-23-8-6-5-7-21-42-33-18-13-30(14-19-33)37(41)46-34-20-15-31(25-27(34)2)29-11-16-32(17-12-29)43-22-9-10-24-45-36(40)28(3)26-38;1-9-8-11(4-7-13(9)15)10-2-5-12(14)6-3-10/h4,11-20,25,38H,1,3,5-10,21-24,26H2,2H3;2-8,14-15H,1H3. The van der Waals surface area contributed by atoms with Crippen molar-refractivity contribution in [2.24, 2.45) is 0 Å². The predicted octanol–water partition coefficient (Wildman–Crippen LogP) is 9.87. The van der Waals surface area contributed by atoms with E-state index >= 15 is 0 Å². The van der Waals surface area contributed by atoms with E-state index in [1.165, 1.54) is 0 Å². The van der Waals surface area contributed by atoms with Gasteiger partial charge in [0.1, 0.15) is 28.7 Å². The highest BCUT2D eigenvalue weighted by Crippen LogP contribution is 2.29. The van der Waals surface area contributed by atoms with Crippen LogP contribution in [0.25, 0.3) is 22.3 Å². The summed E-state index contributed by atoms with van der Waals surface area (Å²) in [6.45, 7) is 11.8. The van der Waals surface area contributed by atoms with Gasteiger partial charge in [-0.1, -0.05) is 49.6 Å². The molecule has 0 aliphatic carbocycles. The molecule has 11 heteroatoms. The number of ether oxygens (including phenoxy) is 5. The molecule has 0 amide bonds. The van der Waals surface area contributed by atoms with Gasteiger partial charge in [-0.25, -0.2) is 14.4 Å². The fraction of sp³-hybridized carbons (Fsp3) is 0.260. The molecule has 320 valence electrons. The van der Waals surface area contributed by atoms with Crippen molar-refractivity contribution < 1.29 is 53.4 Å². The number of phenolic OH excluding ortho intramolecular Hbond substituents is 2. The number of carbonyl (C=O) groups excluding carboxylic acids is 3. The topological polar surface area (TPSA) is 158 Å². The summed E-state index contributed by atoms with van der Waals surface area (Å²) < 4.78 is 27.2. The van der Waals surface area contributed by atoms with Crippen molar-refractivity contribution in [1.82, 2.24) is 0 Å². The third-order valence-electron chi connectivity index (χ3n) is 9.29. The van der Waals surface area contributed by atoms with Gasteiger partial charge in [-0.05, 0) is 159 Å². The van der Waals surface area contributed by atoms with E-state index in [0.29, 0.717) is 55.5 Å². The molecule has 0 bridgehead atoms. The molecule has 0 unspecified atom stereocenters. The van der Waals surface area contributed by atoms with Crippen molar-refractivity contribution in [2.75, 3.05) is 33.0 Å². The molecular weight excluding hydrogens is 777 g/mol. The molecule has 0 heterocycles. The summed E-state index contributed by atoms with van der Waals surface area (Å²) in [6.07, 6.45) is 6.08. The highest BCUT2D eigenvalue weighted by molar-refractivity contribution is 5.91. The number of benzene rings is 5. The molecule has 0 aliphatic heterocycles. The lowest BCUT2D eigenvalue weighted by Gasteiger charge is -2.11. The minimum atomic E-state index is -0.583. The number of aromatic hydroxyl groups is 2. The van der Waals surface area contributed by atoms with Gasteiger partial charge in [0, 0.05) is 6.08 Å². The molecule has 5 rings (SSSR count). The Morgan fingerprint density at radius 2 is 1.08 bits per heavy atom. The van der Waals surface area contributed by atoms with Gasteiger partial charge in [0.2, 0.25) is 0 Å². The van der Waals surface area contributed by atoms with Crippen LogP contribution in [0.3, 0.4) is 0 Å². The van der Waals surface area contributed by atoms with Crippen molar-refractivity contribution >= 4 is 17.9 Å². The third-order valence-corrected chi connectivity index (χ3v) is 9.29. The Balaban J connectivity index is 0.000000454. The molecule has 61 heavy (non-hydrogen) atoms. The first-order valence-corrected chi connectivity index (χ1v) is 20.1. The Morgan fingerprint density at radius 1 is 0.590 bits per heavy atom. The Kier molecular flexibility index (Phi) is 19.1. The van der Waals surface area contributed by atoms with Gasteiger partial charge in [-0.15, -0.1) is 0 Å². The number of hydrogen-bond donors (Lipinski definition) is 3. The largest absolute Gasteiger partial charge is 0.508 e. The van der Waals surface area contributed by atoms with Crippen LogP contribution in [0.1, 0.15) is 60.0 Å². The SMILES string of the molecule is C=CC(=O)OCCCCCCOc1ccc(C(=O)Oc2ccc(-c3ccc(OCCCCOC(=O)C(=C)CO)cc3)cc2C)cc1.Cc1cc(-c2ccc(O)cc2)ccc1O. The molecular formula is C50H54O11. The summed E-state index contributed by atoms with van der Waals surface area (Å²) in [7, 11) is 0. The van der Waals surface area contributed by atoms with Crippen LogP contribution in [0, 0.1) is 13.8 Å². The Labute approximate surface area is 357 Å². The second kappa shape index (κ2) is 24.9. The van der Waals surface area contributed by atoms with Crippen molar-refractivity contribution in [2.45, 2.75) is 52.4 Å². The van der Waals surface area contributed by atoms with Crippen LogP contribution in [0.4, 0.5) is 0 Å². The van der Waals surface area contributed by atoms with E-state index in [0.717, 1.165) is 70.9 Å². The van der Waals surface area contributed by atoms with E-state index < -0.39 is 24.5 Å². The summed E-state index contributed by atoms with van der Waals surface area (Å²) in [4.78, 5) is 35.3. The molecule has 0 spiro atoms. The summed E-state index contributed by atoms with van der Waals surface area (Å²) in [5.74, 6) is 1.03. The molecule has 0 atom stereocenters. The summed E-state index contributed by atoms with van der Waals surface area (Å²) >= 11 is 0. The monoisotopic (exact) mass is 830 g/mol. The fourth-order valence-electron chi connectivity index (χ4n) is 5.73. The van der Waals surface area contributed by atoms with Crippen LogP contribution < -0.4 is 14.2 Å². The molecule has 0 saturated heterocycles. The van der Waals surface area contributed by atoms with E-state index in [2.05, 4.69) is 13.2 Å². The van der Waals surface area contributed by atoms with Crippen molar-refractivity contribution in [3.05, 3.63) is 151 Å². The summed E-state index contributed by atoms with van der Waals surface area (Å²) in [5, 5.41) is 27.4. The van der Waals surface area contributed by atoms with Gasteiger partial charge in [0.15, 0.2) is 0 Å². The number of aliphatic hydroxyl groups is 1. The fourth-order valence-corrected chi connectivity index (χ4v) is 5.73. The normalized spacial score (nSPS) is 10.4. The third kappa shape index (κ3) is 16.0. The zero-order valence-corrected chi connectivity index (χ0v) is 34.8. The number of aliphatic hydroxyl groups excluding tert-OH is 1. The van der Waals surface area contributed by atoms with Crippen LogP contribution >= 0.6 is 0 Å². The molecule has 0 fully saturated rings. The maximum atomic E-state index is 12.8. The minimum Gasteiger partial charge on any atom is -0.508 e. The lowest BCUT2D eigenvalue weighted by Crippen LogP contribution is -2.11. The van der Waals surface area contributed by atoms with E-state index in [4.69, 9.17) is 33.9 Å². The van der Waals surface area contributed by atoms with Crippen LogP contribution in [0.5, 0.6) is 28.7 Å². The van der Waals surface area contributed by atoms with E-state index in [9.17, 15) is 19.5 Å². The predicted molar refractivity (Wildman–Crippen MR) is 235 cm³/mol. The highest BCUT2D eigenvalue weighted by Gasteiger charge is 2.12. The number of hydrogen-bond acceptors (Lipinski definition) is 11. The lowest BCUT2D eigenvalue weighted by molar-refractivity contribution is -0.140.